The predicted molar refractivity (Wildman–Crippen MR) is 112 cm³/mol. The third-order valence-corrected chi connectivity index (χ3v) is 4.68. The fourth-order valence-corrected chi connectivity index (χ4v) is 3.27. The lowest BCUT2D eigenvalue weighted by Crippen LogP contribution is -2.00. The van der Waals surface area contributed by atoms with Gasteiger partial charge in [-0.15, -0.1) is 10.2 Å². The summed E-state index contributed by atoms with van der Waals surface area (Å²) in [6.45, 7) is 1.98. The number of hydrogen-bond acceptors (Lipinski definition) is 7. The van der Waals surface area contributed by atoms with E-state index in [0.717, 1.165) is 39.8 Å². The van der Waals surface area contributed by atoms with Crippen molar-refractivity contribution in [1.29, 1.82) is 0 Å². The average molecular weight is 397 g/mol. The van der Waals surface area contributed by atoms with Gasteiger partial charge in [-0.25, -0.2) is 9.97 Å². The smallest absolute Gasteiger partial charge is 0.227 e. The van der Waals surface area contributed by atoms with Gasteiger partial charge in [0.15, 0.2) is 5.65 Å². The van der Waals surface area contributed by atoms with Gasteiger partial charge in [0.2, 0.25) is 5.95 Å². The monoisotopic (exact) mass is 397 g/mol. The number of rotatable bonds is 5. The molecule has 0 spiro atoms. The minimum atomic E-state index is 0.507. The molecule has 0 aliphatic heterocycles. The molecule has 5 rings (SSSR count). The van der Waals surface area contributed by atoms with Crippen LogP contribution in [0.1, 0.15) is 17.2 Å². The predicted octanol–water partition coefficient (Wildman–Crippen LogP) is 2.96. The molecule has 0 amide bonds. The first-order valence-corrected chi connectivity index (χ1v) is 9.49. The van der Waals surface area contributed by atoms with Crippen molar-refractivity contribution in [2.45, 2.75) is 13.3 Å². The summed E-state index contributed by atoms with van der Waals surface area (Å²) in [5.74, 6) is 1.35. The highest BCUT2D eigenvalue weighted by Gasteiger charge is 2.10. The molecule has 0 aliphatic carbocycles. The van der Waals surface area contributed by atoms with Crippen LogP contribution < -0.4 is 5.32 Å². The third kappa shape index (κ3) is 3.60. The second-order valence-electron chi connectivity index (χ2n) is 7.00. The van der Waals surface area contributed by atoms with Crippen LogP contribution in [0.5, 0.6) is 0 Å². The van der Waals surface area contributed by atoms with Gasteiger partial charge in [0, 0.05) is 42.6 Å². The fraction of sp³-hybridized carbons (Fsp3) is 0.143. The van der Waals surface area contributed by atoms with Crippen molar-refractivity contribution in [3.05, 3.63) is 78.4 Å². The lowest BCUT2D eigenvalue weighted by molar-refractivity contribution is 0.768. The van der Waals surface area contributed by atoms with E-state index in [1.807, 2.05) is 67.2 Å². The molecule has 5 heterocycles. The third-order valence-electron chi connectivity index (χ3n) is 4.68. The van der Waals surface area contributed by atoms with Crippen LogP contribution in [0.2, 0.25) is 0 Å². The summed E-state index contributed by atoms with van der Waals surface area (Å²) in [6, 6.07) is 11.8. The first-order valence-electron chi connectivity index (χ1n) is 9.49. The van der Waals surface area contributed by atoms with E-state index in [0.29, 0.717) is 12.4 Å². The Morgan fingerprint density at radius 3 is 2.83 bits per heavy atom. The Morgan fingerprint density at radius 2 is 2.00 bits per heavy atom. The second kappa shape index (κ2) is 7.36. The van der Waals surface area contributed by atoms with Gasteiger partial charge >= 0.3 is 0 Å². The average Bonchev–Trinajstić information content (AvgIpc) is 3.34. The zero-order chi connectivity index (χ0) is 20.5. The molecule has 9 heteroatoms. The maximum atomic E-state index is 4.61. The molecule has 5 aromatic rings. The molecule has 0 saturated carbocycles. The van der Waals surface area contributed by atoms with Crippen molar-refractivity contribution in [3.8, 4) is 11.3 Å². The molecular weight excluding hydrogens is 378 g/mol. The highest BCUT2D eigenvalue weighted by atomic mass is 15.3. The number of anilines is 2. The standard InChI is InChI=1S/C21H19N9/c1-14-4-3-5-16(24-14)11-20-28-27-19-10-15(7-9-30(19)20)18-6-8-22-21(26-18)25-17-12-23-29(2)13-17/h3-10,12-13H,11H2,1-2H3,(H,22,25,26). The van der Waals surface area contributed by atoms with Crippen LogP contribution in [0.3, 0.4) is 0 Å². The Labute approximate surface area is 172 Å². The van der Waals surface area contributed by atoms with E-state index in [-0.39, 0.29) is 0 Å². The van der Waals surface area contributed by atoms with Crippen LogP contribution >= 0.6 is 0 Å². The van der Waals surface area contributed by atoms with Crippen LogP contribution in [0.15, 0.2) is 61.2 Å². The van der Waals surface area contributed by atoms with Gasteiger partial charge in [-0.1, -0.05) is 6.07 Å². The Balaban J connectivity index is 1.42. The Morgan fingerprint density at radius 1 is 1.07 bits per heavy atom. The first kappa shape index (κ1) is 17.9. The molecule has 0 aromatic carbocycles. The number of pyridine rings is 2. The van der Waals surface area contributed by atoms with Crippen LogP contribution in [-0.2, 0) is 13.5 Å². The minimum absolute atomic E-state index is 0.507. The van der Waals surface area contributed by atoms with Crippen molar-refractivity contribution < 1.29 is 0 Å². The van der Waals surface area contributed by atoms with E-state index in [2.05, 4.69) is 35.6 Å². The van der Waals surface area contributed by atoms with E-state index in [1.54, 1.807) is 17.1 Å². The van der Waals surface area contributed by atoms with Gasteiger partial charge in [0.05, 0.1) is 24.0 Å². The Kier molecular flexibility index (Phi) is 4.40. The lowest BCUT2D eigenvalue weighted by atomic mass is 10.2. The van der Waals surface area contributed by atoms with E-state index in [9.17, 15) is 0 Å². The van der Waals surface area contributed by atoms with Crippen molar-refractivity contribution in [2.75, 3.05) is 5.32 Å². The number of fused-ring (bicyclic) bond motifs is 1. The van der Waals surface area contributed by atoms with Gasteiger partial charge in [-0.05, 0) is 37.3 Å². The Hall–Kier alpha value is -4.14. The minimum Gasteiger partial charge on any atom is -0.321 e. The molecule has 30 heavy (non-hydrogen) atoms. The van der Waals surface area contributed by atoms with Gasteiger partial charge in [-0.3, -0.25) is 14.1 Å². The molecule has 9 nitrogen and oxygen atoms in total. The number of nitrogens with one attached hydrogen (secondary N) is 1. The van der Waals surface area contributed by atoms with Crippen molar-refractivity contribution in [3.63, 3.8) is 0 Å². The number of nitrogens with zero attached hydrogens (tertiary/aromatic N) is 8. The normalized spacial score (nSPS) is 11.1. The largest absolute Gasteiger partial charge is 0.321 e. The van der Waals surface area contributed by atoms with E-state index >= 15 is 0 Å². The fourth-order valence-electron chi connectivity index (χ4n) is 3.27. The van der Waals surface area contributed by atoms with Crippen LogP contribution in [0, 0.1) is 6.92 Å². The summed E-state index contributed by atoms with van der Waals surface area (Å²) < 4.78 is 3.69. The zero-order valence-corrected chi connectivity index (χ0v) is 16.6. The SMILES string of the molecule is Cc1cccc(Cc2nnc3cc(-c4ccnc(Nc5cnn(C)c5)n4)ccn23)n1. The summed E-state index contributed by atoms with van der Waals surface area (Å²) in [7, 11) is 1.86. The lowest BCUT2D eigenvalue weighted by Gasteiger charge is -2.06. The van der Waals surface area contributed by atoms with Crippen LogP contribution in [0.25, 0.3) is 16.9 Å². The van der Waals surface area contributed by atoms with Crippen molar-refractivity contribution in [1.82, 2.24) is 39.3 Å². The van der Waals surface area contributed by atoms with Crippen molar-refractivity contribution in [2.24, 2.45) is 7.05 Å². The van der Waals surface area contributed by atoms with Gasteiger partial charge < -0.3 is 5.32 Å². The summed E-state index contributed by atoms with van der Waals surface area (Å²) in [6.07, 6.45) is 7.90. The summed E-state index contributed by atoms with van der Waals surface area (Å²) in [5.41, 5.74) is 5.28. The summed E-state index contributed by atoms with van der Waals surface area (Å²) >= 11 is 0. The molecule has 0 fully saturated rings. The van der Waals surface area contributed by atoms with Gasteiger partial charge in [0.1, 0.15) is 5.82 Å². The molecular formula is C21H19N9. The molecule has 1 N–H and O–H groups in total. The Bertz CT molecular complexity index is 1340. The molecule has 148 valence electrons. The number of aryl methyl sites for hydroxylation is 2. The molecule has 0 bridgehead atoms. The maximum absolute atomic E-state index is 4.61. The van der Waals surface area contributed by atoms with Gasteiger partial charge in [0.25, 0.3) is 0 Å². The first-order chi connectivity index (χ1) is 14.6. The highest BCUT2D eigenvalue weighted by molar-refractivity contribution is 5.65. The highest BCUT2D eigenvalue weighted by Crippen LogP contribution is 2.21. The van der Waals surface area contributed by atoms with E-state index < -0.39 is 0 Å². The number of hydrogen-bond donors (Lipinski definition) is 1. The molecule has 0 atom stereocenters. The molecule has 0 unspecified atom stereocenters. The summed E-state index contributed by atoms with van der Waals surface area (Å²) in [5, 5.41) is 16.0. The maximum Gasteiger partial charge on any atom is 0.227 e. The molecule has 0 radical (unpaired) electrons. The quantitative estimate of drug-likeness (QED) is 0.487. The molecule has 5 aromatic heterocycles. The van der Waals surface area contributed by atoms with E-state index in [4.69, 9.17) is 0 Å². The molecule has 0 saturated heterocycles. The van der Waals surface area contributed by atoms with Gasteiger partial charge in [-0.2, -0.15) is 5.10 Å². The summed E-state index contributed by atoms with van der Waals surface area (Å²) in [4.78, 5) is 13.5. The molecule has 0 aliphatic rings. The second-order valence-corrected chi connectivity index (χ2v) is 7.00. The number of aromatic nitrogens is 8. The zero-order valence-electron chi connectivity index (χ0n) is 16.6. The van der Waals surface area contributed by atoms with Crippen molar-refractivity contribution >= 4 is 17.3 Å². The van der Waals surface area contributed by atoms with E-state index in [1.165, 1.54) is 0 Å². The van der Waals surface area contributed by atoms with Crippen LogP contribution in [0.4, 0.5) is 11.6 Å². The van der Waals surface area contributed by atoms with Crippen LogP contribution in [-0.4, -0.2) is 39.3 Å². The topological polar surface area (TPSA) is 98.7 Å².